The minimum Gasteiger partial charge on any atom is -0.464 e. The number of hydrogen-bond donors (Lipinski definition) is 2. The van der Waals surface area contributed by atoms with E-state index < -0.39 is 10.0 Å². The van der Waals surface area contributed by atoms with Crippen LogP contribution in [0.25, 0.3) is 0 Å². The van der Waals surface area contributed by atoms with Crippen LogP contribution in [0.3, 0.4) is 0 Å². The first-order valence-corrected chi connectivity index (χ1v) is 5.78. The van der Waals surface area contributed by atoms with E-state index in [1.165, 1.54) is 6.07 Å². The summed E-state index contributed by atoms with van der Waals surface area (Å²) in [4.78, 5) is 0.166. The Balaban J connectivity index is 3.12. The van der Waals surface area contributed by atoms with E-state index in [1.807, 2.05) is 0 Å². The van der Waals surface area contributed by atoms with E-state index in [0.717, 1.165) is 0 Å². The lowest BCUT2D eigenvalue weighted by Crippen LogP contribution is -2.23. The Morgan fingerprint density at radius 2 is 2.21 bits per heavy atom. The summed E-state index contributed by atoms with van der Waals surface area (Å²) in [5.74, 6) is 0.838. The predicted molar refractivity (Wildman–Crippen MR) is 52.2 cm³/mol. The number of nitrogens with two attached hydrogens (primary N) is 1. The van der Waals surface area contributed by atoms with Crippen LogP contribution in [0, 0.1) is 6.92 Å². The van der Waals surface area contributed by atoms with Gasteiger partial charge in [0.15, 0.2) is 0 Å². The number of hydrogen-bond acceptors (Lipinski definition) is 4. The van der Waals surface area contributed by atoms with Crippen LogP contribution in [0.15, 0.2) is 15.4 Å². The first kappa shape index (κ1) is 11.2. The number of sulfonamides is 1. The van der Waals surface area contributed by atoms with Crippen LogP contribution >= 0.6 is 0 Å². The van der Waals surface area contributed by atoms with Gasteiger partial charge >= 0.3 is 0 Å². The molecule has 0 aliphatic heterocycles. The van der Waals surface area contributed by atoms with Gasteiger partial charge in [0.05, 0.1) is 6.54 Å². The fourth-order valence-corrected chi connectivity index (χ4v) is 2.40. The highest BCUT2D eigenvalue weighted by molar-refractivity contribution is 7.89. The highest BCUT2D eigenvalue weighted by atomic mass is 32.2. The number of nitrogens with one attached hydrogen (secondary N) is 1. The lowest BCUT2D eigenvalue weighted by Gasteiger charge is -2.00. The van der Waals surface area contributed by atoms with E-state index in [9.17, 15) is 8.42 Å². The SMILES string of the molecule is CCNS(=O)(=O)c1cc(CN)oc1C. The minimum absolute atomic E-state index is 0.166. The van der Waals surface area contributed by atoms with E-state index in [4.69, 9.17) is 10.2 Å². The summed E-state index contributed by atoms with van der Waals surface area (Å²) in [5, 5.41) is 0. The van der Waals surface area contributed by atoms with Gasteiger partial charge in [0.1, 0.15) is 16.4 Å². The topological polar surface area (TPSA) is 85.3 Å². The standard InChI is InChI=1S/C8H14N2O3S/c1-3-10-14(11,12)8-4-7(5-9)13-6(8)2/h4,10H,3,5,9H2,1-2H3. The van der Waals surface area contributed by atoms with Crippen molar-refractivity contribution < 1.29 is 12.8 Å². The van der Waals surface area contributed by atoms with Gasteiger partial charge in [-0.2, -0.15) is 0 Å². The van der Waals surface area contributed by atoms with Crippen molar-refractivity contribution in [1.29, 1.82) is 0 Å². The second-order valence-electron chi connectivity index (χ2n) is 2.84. The normalized spacial score (nSPS) is 11.9. The number of furan rings is 1. The molecule has 0 radical (unpaired) electrons. The average Bonchev–Trinajstić information content (AvgIpc) is 2.47. The molecule has 0 aliphatic rings. The molecule has 0 fully saturated rings. The zero-order valence-corrected chi connectivity index (χ0v) is 9.02. The fraction of sp³-hybridized carbons (Fsp3) is 0.500. The third kappa shape index (κ3) is 2.14. The van der Waals surface area contributed by atoms with E-state index in [2.05, 4.69) is 4.72 Å². The Bertz CT molecular complexity index is 408. The molecule has 0 unspecified atom stereocenters. The van der Waals surface area contributed by atoms with E-state index in [1.54, 1.807) is 13.8 Å². The van der Waals surface area contributed by atoms with Gasteiger partial charge < -0.3 is 10.2 Å². The minimum atomic E-state index is -3.43. The van der Waals surface area contributed by atoms with Crippen molar-refractivity contribution in [2.75, 3.05) is 6.54 Å². The van der Waals surface area contributed by atoms with Crippen LogP contribution in [0.5, 0.6) is 0 Å². The lowest BCUT2D eigenvalue weighted by atomic mass is 10.4. The lowest BCUT2D eigenvalue weighted by molar-refractivity contribution is 0.478. The molecular formula is C8H14N2O3S. The molecule has 0 atom stereocenters. The highest BCUT2D eigenvalue weighted by Gasteiger charge is 2.19. The van der Waals surface area contributed by atoms with Crippen molar-refractivity contribution in [3.05, 3.63) is 17.6 Å². The van der Waals surface area contributed by atoms with Gasteiger partial charge in [-0.1, -0.05) is 6.92 Å². The summed E-state index contributed by atoms with van der Waals surface area (Å²) in [7, 11) is -3.43. The molecule has 0 saturated heterocycles. The molecule has 80 valence electrons. The van der Waals surface area contributed by atoms with E-state index in [0.29, 0.717) is 18.1 Å². The van der Waals surface area contributed by atoms with Crippen molar-refractivity contribution >= 4 is 10.0 Å². The quantitative estimate of drug-likeness (QED) is 0.763. The van der Waals surface area contributed by atoms with Crippen molar-refractivity contribution in [2.45, 2.75) is 25.3 Å². The molecule has 1 aromatic heterocycles. The summed E-state index contributed by atoms with van der Waals surface area (Å²) >= 11 is 0. The second kappa shape index (κ2) is 4.12. The summed E-state index contributed by atoms with van der Waals surface area (Å²) in [5.41, 5.74) is 5.34. The molecule has 14 heavy (non-hydrogen) atoms. The summed E-state index contributed by atoms with van der Waals surface area (Å²) in [6, 6.07) is 1.45. The van der Waals surface area contributed by atoms with Gasteiger partial charge in [-0.3, -0.25) is 0 Å². The first-order chi connectivity index (χ1) is 6.51. The van der Waals surface area contributed by atoms with Crippen molar-refractivity contribution in [3.63, 3.8) is 0 Å². The van der Waals surface area contributed by atoms with Gasteiger partial charge in [0.25, 0.3) is 0 Å². The second-order valence-corrected chi connectivity index (χ2v) is 4.57. The maximum atomic E-state index is 11.6. The van der Waals surface area contributed by atoms with E-state index >= 15 is 0 Å². The van der Waals surface area contributed by atoms with Gasteiger partial charge in [-0.15, -0.1) is 0 Å². The molecule has 0 amide bonds. The molecule has 1 rings (SSSR count). The maximum Gasteiger partial charge on any atom is 0.244 e. The van der Waals surface area contributed by atoms with Crippen LogP contribution in [0.4, 0.5) is 0 Å². The Kier molecular flexibility index (Phi) is 3.30. The zero-order chi connectivity index (χ0) is 10.8. The van der Waals surface area contributed by atoms with Crippen LogP contribution in [-0.4, -0.2) is 15.0 Å². The molecule has 0 aromatic carbocycles. The van der Waals surface area contributed by atoms with Gasteiger partial charge in [-0.05, 0) is 6.92 Å². The molecule has 6 heteroatoms. The Morgan fingerprint density at radius 1 is 1.57 bits per heavy atom. The Hall–Kier alpha value is -0.850. The third-order valence-corrected chi connectivity index (χ3v) is 3.40. The van der Waals surface area contributed by atoms with Crippen molar-refractivity contribution in [3.8, 4) is 0 Å². The van der Waals surface area contributed by atoms with Gasteiger partial charge in [0.2, 0.25) is 10.0 Å². The largest absolute Gasteiger partial charge is 0.464 e. The smallest absolute Gasteiger partial charge is 0.244 e. The molecule has 1 heterocycles. The van der Waals surface area contributed by atoms with Gasteiger partial charge in [0, 0.05) is 12.6 Å². The van der Waals surface area contributed by atoms with Gasteiger partial charge in [-0.25, -0.2) is 13.1 Å². The summed E-state index contributed by atoms with van der Waals surface area (Å²) < 4.78 is 30.7. The van der Waals surface area contributed by atoms with Crippen LogP contribution in [0.2, 0.25) is 0 Å². The molecule has 0 bridgehead atoms. The molecule has 3 N–H and O–H groups in total. The fourth-order valence-electron chi connectivity index (χ4n) is 1.16. The van der Waals surface area contributed by atoms with Crippen molar-refractivity contribution in [2.24, 2.45) is 5.73 Å². The number of rotatable bonds is 4. The maximum absolute atomic E-state index is 11.6. The highest BCUT2D eigenvalue weighted by Crippen LogP contribution is 2.19. The third-order valence-electron chi connectivity index (χ3n) is 1.75. The molecule has 0 spiro atoms. The molecule has 0 saturated carbocycles. The Labute approximate surface area is 83.3 Å². The molecular weight excluding hydrogens is 204 g/mol. The molecule has 1 aromatic rings. The number of aryl methyl sites for hydroxylation is 1. The van der Waals surface area contributed by atoms with Crippen LogP contribution < -0.4 is 10.5 Å². The van der Waals surface area contributed by atoms with Crippen molar-refractivity contribution in [1.82, 2.24) is 4.72 Å². The molecule has 0 aliphatic carbocycles. The molecule has 5 nitrogen and oxygen atoms in total. The Morgan fingerprint density at radius 3 is 2.64 bits per heavy atom. The average molecular weight is 218 g/mol. The monoisotopic (exact) mass is 218 g/mol. The van der Waals surface area contributed by atoms with Crippen LogP contribution in [-0.2, 0) is 16.6 Å². The zero-order valence-electron chi connectivity index (χ0n) is 8.20. The predicted octanol–water partition coefficient (Wildman–Crippen LogP) is 0.345. The van der Waals surface area contributed by atoms with Crippen LogP contribution in [0.1, 0.15) is 18.4 Å². The van der Waals surface area contributed by atoms with E-state index in [-0.39, 0.29) is 11.4 Å². The summed E-state index contributed by atoms with van der Waals surface area (Å²) in [6.45, 7) is 3.87. The first-order valence-electron chi connectivity index (χ1n) is 4.30. The summed E-state index contributed by atoms with van der Waals surface area (Å²) in [6.07, 6.45) is 0.